The molecule has 4 atom stereocenters. The number of aryl methyl sites for hydroxylation is 4. The van der Waals surface area contributed by atoms with Crippen LogP contribution in [0.3, 0.4) is 0 Å². The maximum Gasteiger partial charge on any atom is 0.278 e. The summed E-state index contributed by atoms with van der Waals surface area (Å²) >= 11 is 0. The largest absolute Gasteiger partial charge is 0.502 e. The van der Waals surface area contributed by atoms with Crippen LogP contribution in [-0.4, -0.2) is 145 Å². The molecule has 716 valence electrons. The highest BCUT2D eigenvalue weighted by Crippen LogP contribution is 2.41. The van der Waals surface area contributed by atoms with Gasteiger partial charge in [-0.25, -0.2) is 17.6 Å². The second kappa shape index (κ2) is 41.9. The zero-order valence-corrected chi connectivity index (χ0v) is 76.9. The van der Waals surface area contributed by atoms with Crippen LogP contribution in [0.5, 0.6) is 23.0 Å². The molecule has 14 aromatic rings. The highest BCUT2D eigenvalue weighted by atomic mass is 19.1. The molecule has 0 aliphatic carbocycles. The number of carbonyl (C=O) groups excluding carboxylic acids is 4. The lowest BCUT2D eigenvalue weighted by molar-refractivity contribution is 0.0690. The number of pyridine rings is 8. The lowest BCUT2D eigenvalue weighted by Crippen LogP contribution is -2.55. The summed E-state index contributed by atoms with van der Waals surface area (Å²) in [6.07, 6.45) is 33.8. The molecule has 0 unspecified atom stereocenters. The van der Waals surface area contributed by atoms with Gasteiger partial charge in [0.15, 0.2) is 45.8 Å². The quantitative estimate of drug-likeness (QED) is 0.0949. The molecule has 142 heavy (non-hydrogen) atoms. The molecule has 16 heterocycles. The molecule has 8 aromatic heterocycles. The number of hydrogen-bond donors (Lipinski definition) is 2. The summed E-state index contributed by atoms with van der Waals surface area (Å²) < 4.78 is 75.8. The van der Waals surface area contributed by atoms with Gasteiger partial charge in [-0.05, 0) is 204 Å². The van der Waals surface area contributed by atoms with E-state index >= 15 is 0 Å². The van der Waals surface area contributed by atoms with Crippen molar-refractivity contribution in [1.82, 2.24) is 58.2 Å². The monoisotopic (exact) mass is 1910 g/mol. The van der Waals surface area contributed by atoms with Crippen LogP contribution < -0.4 is 51.2 Å². The van der Waals surface area contributed by atoms with Gasteiger partial charge in [-0.1, -0.05) is 158 Å². The zero-order chi connectivity index (χ0) is 98.0. The molecule has 0 saturated carbocycles. The SMILES string of the molecule is O=C1c2c(O)c(=O)ccn2N2CN1C/C=C/CCc1cc(F)ccc1[C@@H]2c1ccccn1.O=C1c2c(O)c(=O)ccn2N2CN1C/C=C/CCc1cc(F)ccc1[C@H]2c1ccccn1.O=C1c2c(OCc3ccccc3)c(=O)ccn2N2CN1C/C=C/CCc1cc(F)ccc1[C@@H]2c1ccccn1.O=C1c2c(OCc3ccccc3)c(=O)ccn2N2CN1C/C=C/CCc1cc(F)ccc1[C@H]2c1ccccn1. The predicted octanol–water partition coefficient (Wildman–Crippen LogP) is 14.7. The van der Waals surface area contributed by atoms with E-state index in [0.29, 0.717) is 88.9 Å². The average molecular weight is 1910 g/mol. The zero-order valence-electron chi connectivity index (χ0n) is 76.9. The van der Waals surface area contributed by atoms with Crippen molar-refractivity contribution in [3.05, 3.63) is 494 Å². The number of amides is 4. The van der Waals surface area contributed by atoms with Crippen molar-refractivity contribution >= 4 is 23.6 Å². The van der Waals surface area contributed by atoms with Gasteiger partial charge in [-0.15, -0.1) is 0 Å². The van der Waals surface area contributed by atoms with Crippen LogP contribution in [0.25, 0.3) is 0 Å². The minimum atomic E-state index is -0.622. The molecular weight excluding hydrogens is 1810 g/mol. The van der Waals surface area contributed by atoms with Crippen LogP contribution in [0.4, 0.5) is 17.6 Å². The maximum absolute atomic E-state index is 14.4. The summed E-state index contributed by atoms with van der Waals surface area (Å²) in [6, 6.07) is 63.9. The third kappa shape index (κ3) is 19.6. The number of benzene rings is 6. The van der Waals surface area contributed by atoms with E-state index in [-0.39, 0.29) is 120 Å². The second-order valence-corrected chi connectivity index (χ2v) is 34.9. The number of allylic oxidation sites excluding steroid dienone is 4. The number of nitrogens with zero attached hydrogens (tertiary/aromatic N) is 16. The lowest BCUT2D eigenvalue weighted by Gasteiger charge is -2.43. The Kier molecular flexibility index (Phi) is 27.7. The van der Waals surface area contributed by atoms with Gasteiger partial charge in [0.05, 0.1) is 22.8 Å². The Labute approximate surface area is 812 Å². The van der Waals surface area contributed by atoms with Crippen LogP contribution in [-0.2, 0) is 38.9 Å². The van der Waals surface area contributed by atoms with E-state index in [2.05, 4.69) is 19.9 Å². The summed E-state index contributed by atoms with van der Waals surface area (Å²) in [7, 11) is 0. The smallest absolute Gasteiger partial charge is 0.278 e. The summed E-state index contributed by atoms with van der Waals surface area (Å²) in [5, 5.41) is 28.7. The molecule has 6 aromatic carbocycles. The minimum Gasteiger partial charge on any atom is -0.502 e. The van der Waals surface area contributed by atoms with Crippen molar-refractivity contribution in [2.45, 2.75) is 88.7 Å². The van der Waals surface area contributed by atoms with Crippen molar-refractivity contribution in [2.24, 2.45) is 0 Å². The molecular formula is C110H96F4N16O12. The number of fused-ring (bicyclic) bond motifs is 20. The fourth-order valence-corrected chi connectivity index (χ4v) is 19.2. The standard InChI is InChI=1S/2C31H27FN4O3.2C24H21FN4O3/c2*32-24-13-14-25-23(19-24)11-5-2-8-17-34-21-36(28(25)26-12-6-7-16-33-26)35-18-15-27(37)30(29(35)31(34)38)39-20-22-9-3-1-4-10-22;2*25-17-8-9-18-16(14-17)6-2-1-5-12-27-15-29(21(18)19-7-3-4-11-26-19)28-13-10-20(30)23(31)22(28)24(27)32/h2*1-4,6-10,12-16,18-19,28H,5,11,17,20-21H2;2*1,3-5,7-11,13-14,21,31H,2,6,12,15H2/b2*8-2+;2*5-1+/t2*28-;2*21-/m1010/s1. The first-order valence-corrected chi connectivity index (χ1v) is 46.6. The Bertz CT molecular complexity index is 7030. The van der Waals surface area contributed by atoms with Crippen molar-refractivity contribution in [3.63, 3.8) is 0 Å². The number of rotatable bonds is 10. The fraction of sp³-hybridized carbons (Fsp3) is 0.200. The summed E-state index contributed by atoms with van der Waals surface area (Å²) in [6.45, 7) is 2.48. The van der Waals surface area contributed by atoms with Gasteiger partial charge in [0, 0.05) is 100 Å². The summed E-state index contributed by atoms with van der Waals surface area (Å²) in [4.78, 5) is 130. The van der Waals surface area contributed by atoms with E-state index in [9.17, 15) is 66.1 Å². The van der Waals surface area contributed by atoms with Crippen LogP contribution >= 0.6 is 0 Å². The molecule has 0 spiro atoms. The molecule has 0 fully saturated rings. The van der Waals surface area contributed by atoms with Gasteiger partial charge < -0.3 is 39.3 Å². The van der Waals surface area contributed by atoms with Crippen molar-refractivity contribution in [2.75, 3.05) is 72.9 Å². The Morgan fingerprint density at radius 3 is 0.810 bits per heavy atom. The molecule has 8 aliphatic rings. The van der Waals surface area contributed by atoms with E-state index in [1.54, 1.807) is 103 Å². The predicted molar refractivity (Wildman–Crippen MR) is 524 cm³/mol. The van der Waals surface area contributed by atoms with E-state index in [1.807, 2.05) is 202 Å². The number of carbonyl (C=O) groups is 4. The van der Waals surface area contributed by atoms with Crippen LogP contribution in [0, 0.1) is 23.3 Å². The Morgan fingerprint density at radius 2 is 0.542 bits per heavy atom. The molecule has 32 heteroatoms. The number of aromatic hydroxyl groups is 2. The normalized spacial score (nSPS) is 18.2. The number of halogens is 4. The van der Waals surface area contributed by atoms with Gasteiger partial charge >= 0.3 is 0 Å². The molecule has 28 nitrogen and oxygen atoms in total. The number of hydrogen-bond acceptors (Lipinski definition) is 20. The number of aromatic nitrogens is 8. The Balaban J connectivity index is 0.000000121. The molecule has 2 N–H and O–H groups in total. The minimum absolute atomic E-state index is 0.000921. The highest BCUT2D eigenvalue weighted by Gasteiger charge is 2.44. The lowest BCUT2D eigenvalue weighted by atomic mass is 9.94. The second-order valence-electron chi connectivity index (χ2n) is 34.9. The molecule has 4 amide bonds. The van der Waals surface area contributed by atoms with E-state index in [4.69, 9.17) is 9.47 Å². The van der Waals surface area contributed by atoms with Crippen molar-refractivity contribution in [3.8, 4) is 23.0 Å². The van der Waals surface area contributed by atoms with Gasteiger partial charge in [0.25, 0.3) is 23.6 Å². The van der Waals surface area contributed by atoms with Gasteiger partial charge in [-0.3, -0.25) is 97.0 Å². The van der Waals surface area contributed by atoms with Crippen molar-refractivity contribution in [1.29, 1.82) is 0 Å². The fourth-order valence-electron chi connectivity index (χ4n) is 19.2. The Hall–Kier alpha value is -17.3. The summed E-state index contributed by atoms with van der Waals surface area (Å²) in [5.74, 6) is -3.89. The maximum atomic E-state index is 14.4. The van der Waals surface area contributed by atoms with Crippen LogP contribution in [0.2, 0.25) is 0 Å². The van der Waals surface area contributed by atoms with Crippen LogP contribution in [0.1, 0.15) is 170 Å². The van der Waals surface area contributed by atoms with Crippen molar-refractivity contribution < 1.29 is 56.4 Å². The number of ether oxygens (including phenoxy) is 2. The molecule has 8 aliphatic heterocycles. The third-order valence-corrected chi connectivity index (χ3v) is 25.9. The van der Waals surface area contributed by atoms with E-state index in [1.165, 1.54) is 82.4 Å². The van der Waals surface area contributed by atoms with Gasteiger partial charge in [-0.2, -0.15) is 0 Å². The van der Waals surface area contributed by atoms with E-state index < -0.39 is 58.3 Å². The summed E-state index contributed by atoms with van der Waals surface area (Å²) in [5.41, 5.74) is 9.64. The molecule has 0 saturated heterocycles. The first kappa shape index (κ1) is 93.7. The van der Waals surface area contributed by atoms with E-state index in [0.717, 1.165) is 67.0 Å². The van der Waals surface area contributed by atoms with Gasteiger partial charge in [0.1, 0.15) is 87.3 Å². The highest BCUT2D eigenvalue weighted by molar-refractivity contribution is 5.98. The molecule has 22 rings (SSSR count). The first-order valence-electron chi connectivity index (χ1n) is 46.6. The Morgan fingerprint density at radius 1 is 0.289 bits per heavy atom. The van der Waals surface area contributed by atoms with Gasteiger partial charge in [0.2, 0.25) is 21.7 Å². The first-order chi connectivity index (χ1) is 69.3. The topological polar surface area (TPSA) is 293 Å². The van der Waals surface area contributed by atoms with Crippen LogP contribution in [0.15, 0.2) is 348 Å². The third-order valence-electron chi connectivity index (χ3n) is 25.9. The average Bonchev–Trinajstić information content (AvgIpc) is 0.893. The molecule has 0 radical (unpaired) electrons. The molecule has 8 bridgehead atoms.